The van der Waals surface area contributed by atoms with Crippen molar-refractivity contribution in [1.82, 2.24) is 4.98 Å². The molecule has 1 rings (SSSR count). The van der Waals surface area contributed by atoms with Gasteiger partial charge in [-0.25, -0.2) is 9.78 Å². The Hall–Kier alpha value is -1.54. The average Bonchev–Trinajstić information content (AvgIpc) is 2.48. The minimum absolute atomic E-state index is 0.0234. The summed E-state index contributed by atoms with van der Waals surface area (Å²) in [6, 6.07) is 0. The number of nitrogens with zero attached hydrogens (tertiary/aromatic N) is 1. The molecule has 0 fully saturated rings. The summed E-state index contributed by atoms with van der Waals surface area (Å²) in [5, 5.41) is 11.9. The van der Waals surface area contributed by atoms with Crippen molar-refractivity contribution in [2.45, 2.75) is 0 Å². The Kier molecular flexibility index (Phi) is 2.66. The fourth-order valence-corrected chi connectivity index (χ4v) is 1.33. The number of anilines is 1. The first-order valence-electron chi connectivity index (χ1n) is 3.10. The van der Waals surface area contributed by atoms with E-state index in [0.717, 1.165) is 0 Å². The van der Waals surface area contributed by atoms with Crippen molar-refractivity contribution < 1.29 is 9.90 Å². The van der Waals surface area contributed by atoms with Crippen LogP contribution in [0.5, 0.6) is 0 Å². The largest absolute Gasteiger partial charge is 0.476 e. The van der Waals surface area contributed by atoms with Crippen LogP contribution in [-0.4, -0.2) is 22.6 Å². The maximum absolute atomic E-state index is 10.5. The first kappa shape index (κ1) is 8.56. The molecule has 0 radical (unpaired) electrons. The Balaban J connectivity index is 2.79. The summed E-state index contributed by atoms with van der Waals surface area (Å²) in [4.78, 5) is 14.2. The van der Waals surface area contributed by atoms with Crippen molar-refractivity contribution in [3.63, 3.8) is 0 Å². The number of aromatic carboxylic acids is 1. The molecule has 0 saturated heterocycles. The van der Waals surface area contributed by atoms with Crippen molar-refractivity contribution in [3.8, 4) is 12.3 Å². The molecule has 4 nitrogen and oxygen atoms in total. The number of terminal acetylenes is 1. The third kappa shape index (κ3) is 1.74. The van der Waals surface area contributed by atoms with Gasteiger partial charge in [-0.05, 0) is 0 Å². The van der Waals surface area contributed by atoms with Crippen molar-refractivity contribution in [1.29, 1.82) is 0 Å². The number of aromatic nitrogens is 1. The summed E-state index contributed by atoms with van der Waals surface area (Å²) in [7, 11) is 0. The number of carboxylic acids is 1. The Morgan fingerprint density at radius 2 is 2.67 bits per heavy atom. The molecule has 0 atom stereocenters. The van der Waals surface area contributed by atoms with E-state index in [9.17, 15) is 4.79 Å². The molecule has 12 heavy (non-hydrogen) atoms. The molecular formula is C7H6N2O2S. The molecule has 0 spiro atoms. The summed E-state index contributed by atoms with van der Waals surface area (Å²) >= 11 is 1.22. The van der Waals surface area contributed by atoms with Crippen LogP contribution < -0.4 is 5.32 Å². The van der Waals surface area contributed by atoms with Crippen LogP contribution in [-0.2, 0) is 0 Å². The maximum Gasteiger partial charge on any atom is 0.357 e. The molecule has 0 aliphatic rings. The van der Waals surface area contributed by atoms with E-state index < -0.39 is 5.97 Å². The van der Waals surface area contributed by atoms with Crippen LogP contribution in [0.2, 0.25) is 0 Å². The highest BCUT2D eigenvalue weighted by atomic mass is 32.1. The SMILES string of the molecule is C#CCNc1scnc1C(=O)O. The van der Waals surface area contributed by atoms with E-state index in [1.165, 1.54) is 16.8 Å². The Morgan fingerprint density at radius 3 is 3.25 bits per heavy atom. The molecule has 0 amide bonds. The molecule has 0 saturated carbocycles. The van der Waals surface area contributed by atoms with Crippen molar-refractivity contribution in [2.75, 3.05) is 11.9 Å². The van der Waals surface area contributed by atoms with Crippen LogP contribution >= 0.6 is 11.3 Å². The lowest BCUT2D eigenvalue weighted by molar-refractivity contribution is 0.0692. The van der Waals surface area contributed by atoms with Crippen LogP contribution in [0.25, 0.3) is 0 Å². The van der Waals surface area contributed by atoms with E-state index in [0.29, 0.717) is 11.5 Å². The highest BCUT2D eigenvalue weighted by molar-refractivity contribution is 7.14. The molecule has 2 N–H and O–H groups in total. The number of nitrogens with one attached hydrogen (secondary N) is 1. The van der Waals surface area contributed by atoms with Crippen molar-refractivity contribution >= 4 is 22.3 Å². The van der Waals surface area contributed by atoms with E-state index in [2.05, 4.69) is 16.2 Å². The van der Waals surface area contributed by atoms with Gasteiger partial charge >= 0.3 is 5.97 Å². The number of carbonyl (C=O) groups is 1. The predicted octanol–water partition coefficient (Wildman–Crippen LogP) is 0.886. The van der Waals surface area contributed by atoms with Crippen LogP contribution in [0.1, 0.15) is 10.5 Å². The maximum atomic E-state index is 10.5. The number of hydrogen-bond acceptors (Lipinski definition) is 4. The summed E-state index contributed by atoms with van der Waals surface area (Å²) in [6.07, 6.45) is 5.00. The highest BCUT2D eigenvalue weighted by Crippen LogP contribution is 2.19. The topological polar surface area (TPSA) is 62.2 Å². The number of carboxylic acid groups (broad SMARTS) is 1. The molecule has 0 bridgehead atoms. The van der Waals surface area contributed by atoms with Gasteiger partial charge in [-0.3, -0.25) is 0 Å². The fourth-order valence-electron chi connectivity index (χ4n) is 0.655. The van der Waals surface area contributed by atoms with Gasteiger partial charge in [-0.15, -0.1) is 17.8 Å². The van der Waals surface area contributed by atoms with Crippen molar-refractivity contribution in [3.05, 3.63) is 11.2 Å². The summed E-state index contributed by atoms with van der Waals surface area (Å²) in [5.74, 6) is 1.30. The lowest BCUT2D eigenvalue weighted by Gasteiger charge is -1.97. The summed E-state index contributed by atoms with van der Waals surface area (Å²) in [6.45, 7) is 0.308. The number of thiazole rings is 1. The van der Waals surface area contributed by atoms with Crippen molar-refractivity contribution in [2.24, 2.45) is 0 Å². The molecule has 0 aliphatic heterocycles. The zero-order valence-electron chi connectivity index (χ0n) is 6.07. The average molecular weight is 182 g/mol. The second kappa shape index (κ2) is 3.74. The first-order chi connectivity index (χ1) is 5.75. The normalized spacial score (nSPS) is 8.92. The van der Waals surface area contributed by atoms with Gasteiger partial charge in [0.2, 0.25) is 0 Å². The van der Waals surface area contributed by atoms with Gasteiger partial charge in [-0.1, -0.05) is 5.92 Å². The third-order valence-corrected chi connectivity index (χ3v) is 1.91. The zero-order valence-corrected chi connectivity index (χ0v) is 6.89. The third-order valence-electron chi connectivity index (χ3n) is 1.12. The minimum atomic E-state index is -1.05. The Bertz CT molecular complexity index is 326. The van der Waals surface area contributed by atoms with Gasteiger partial charge in [0.05, 0.1) is 12.1 Å². The molecule has 1 aromatic heterocycles. The van der Waals surface area contributed by atoms with Gasteiger partial charge in [0, 0.05) is 0 Å². The molecule has 0 unspecified atom stereocenters. The number of rotatable bonds is 3. The van der Waals surface area contributed by atoms with E-state index in [4.69, 9.17) is 11.5 Å². The zero-order chi connectivity index (χ0) is 8.97. The molecule has 1 heterocycles. The molecule has 1 aromatic rings. The van der Waals surface area contributed by atoms with Crippen LogP contribution in [0.15, 0.2) is 5.51 Å². The lowest BCUT2D eigenvalue weighted by atomic mass is 10.4. The first-order valence-corrected chi connectivity index (χ1v) is 3.97. The van der Waals surface area contributed by atoms with E-state index in [1.54, 1.807) is 0 Å². The van der Waals surface area contributed by atoms with Crippen LogP contribution in [0.4, 0.5) is 5.00 Å². The second-order valence-corrected chi connectivity index (χ2v) is 2.75. The fraction of sp³-hybridized carbons (Fsp3) is 0.143. The predicted molar refractivity (Wildman–Crippen MR) is 46.4 cm³/mol. The van der Waals surface area contributed by atoms with Gasteiger partial charge in [-0.2, -0.15) is 0 Å². The lowest BCUT2D eigenvalue weighted by Crippen LogP contribution is -2.04. The Morgan fingerprint density at radius 1 is 1.92 bits per heavy atom. The molecular weight excluding hydrogens is 176 g/mol. The second-order valence-electron chi connectivity index (χ2n) is 1.89. The van der Waals surface area contributed by atoms with E-state index in [1.807, 2.05) is 0 Å². The van der Waals surface area contributed by atoms with Gasteiger partial charge < -0.3 is 10.4 Å². The van der Waals surface area contributed by atoms with Crippen LogP contribution in [0.3, 0.4) is 0 Å². The molecule has 5 heteroatoms. The Labute approximate surface area is 73.3 Å². The summed E-state index contributed by atoms with van der Waals surface area (Å²) < 4.78 is 0. The van der Waals surface area contributed by atoms with Crippen LogP contribution in [0, 0.1) is 12.3 Å². The quantitative estimate of drug-likeness (QED) is 0.681. The van der Waals surface area contributed by atoms with Gasteiger partial charge in [0.15, 0.2) is 5.69 Å². The smallest absolute Gasteiger partial charge is 0.357 e. The standard InChI is InChI=1S/C7H6N2O2S/c1-2-3-8-6-5(7(10)11)9-4-12-6/h1,4,8H,3H2,(H,10,11). The highest BCUT2D eigenvalue weighted by Gasteiger charge is 2.11. The van der Waals surface area contributed by atoms with E-state index >= 15 is 0 Å². The molecule has 0 aromatic carbocycles. The summed E-state index contributed by atoms with van der Waals surface area (Å²) in [5.41, 5.74) is 1.48. The monoisotopic (exact) mass is 182 g/mol. The molecule has 0 aliphatic carbocycles. The minimum Gasteiger partial charge on any atom is -0.476 e. The molecule has 62 valence electrons. The van der Waals surface area contributed by atoms with E-state index in [-0.39, 0.29) is 5.69 Å². The van der Waals surface area contributed by atoms with Gasteiger partial charge in [0.25, 0.3) is 0 Å². The number of hydrogen-bond donors (Lipinski definition) is 2. The van der Waals surface area contributed by atoms with Gasteiger partial charge in [0.1, 0.15) is 5.00 Å².